The fourth-order valence-corrected chi connectivity index (χ4v) is 2.22. The third kappa shape index (κ3) is 3.20. The number of carbonyl (C=O) groups excluding carboxylic acids is 2. The van der Waals surface area contributed by atoms with Crippen LogP contribution in [0.1, 0.15) is 52.9 Å². The highest BCUT2D eigenvalue weighted by Gasteiger charge is 2.50. The van der Waals surface area contributed by atoms with Crippen LogP contribution in [-0.4, -0.2) is 24.6 Å². The molecule has 4 heteroatoms. The van der Waals surface area contributed by atoms with Crippen LogP contribution in [0.2, 0.25) is 0 Å². The predicted molar refractivity (Wildman–Crippen MR) is 63.4 cm³/mol. The van der Waals surface area contributed by atoms with Gasteiger partial charge in [-0.05, 0) is 33.6 Å². The summed E-state index contributed by atoms with van der Waals surface area (Å²) in [5.41, 5.74) is -1.64. The number of ether oxygens (including phenoxy) is 2. The Hall–Kier alpha value is -1.06. The first-order valence-electron chi connectivity index (χ1n) is 6.14. The Morgan fingerprint density at radius 3 is 1.94 bits per heavy atom. The van der Waals surface area contributed by atoms with Gasteiger partial charge >= 0.3 is 11.9 Å². The van der Waals surface area contributed by atoms with Crippen LogP contribution in [-0.2, 0) is 19.1 Å². The molecule has 0 unspecified atom stereocenters. The molecule has 1 rings (SSSR count). The first kappa shape index (κ1) is 14.0. The van der Waals surface area contributed by atoms with Gasteiger partial charge in [0.05, 0.1) is 7.11 Å². The molecule has 1 aliphatic carbocycles. The fraction of sp³-hybridized carbons (Fsp3) is 0.846. The van der Waals surface area contributed by atoms with Crippen molar-refractivity contribution in [3.05, 3.63) is 0 Å². The average molecular weight is 242 g/mol. The molecule has 0 spiro atoms. The lowest BCUT2D eigenvalue weighted by atomic mass is 9.74. The molecule has 0 heterocycles. The summed E-state index contributed by atoms with van der Waals surface area (Å²) in [6, 6.07) is 0. The Kier molecular flexibility index (Phi) is 4.17. The Morgan fingerprint density at radius 1 is 1.00 bits per heavy atom. The van der Waals surface area contributed by atoms with Crippen molar-refractivity contribution in [1.29, 1.82) is 0 Å². The van der Waals surface area contributed by atoms with Crippen LogP contribution >= 0.6 is 0 Å². The minimum absolute atomic E-state index is 0.434. The molecule has 0 aromatic rings. The predicted octanol–water partition coefficient (Wildman–Crippen LogP) is 2.45. The van der Waals surface area contributed by atoms with E-state index < -0.39 is 23.0 Å². The largest absolute Gasteiger partial charge is 0.468 e. The van der Waals surface area contributed by atoms with Crippen LogP contribution in [0.25, 0.3) is 0 Å². The Bertz CT molecular complexity index is 295. The van der Waals surface area contributed by atoms with Crippen LogP contribution in [0.4, 0.5) is 0 Å². The van der Waals surface area contributed by atoms with E-state index in [0.29, 0.717) is 12.8 Å². The zero-order valence-electron chi connectivity index (χ0n) is 11.2. The van der Waals surface area contributed by atoms with Crippen molar-refractivity contribution in [3.63, 3.8) is 0 Å². The first-order chi connectivity index (χ1) is 7.82. The second kappa shape index (κ2) is 5.07. The summed E-state index contributed by atoms with van der Waals surface area (Å²) in [5, 5.41) is 0. The van der Waals surface area contributed by atoms with Crippen LogP contribution in [0.3, 0.4) is 0 Å². The van der Waals surface area contributed by atoms with Crippen molar-refractivity contribution in [3.8, 4) is 0 Å². The van der Waals surface area contributed by atoms with E-state index in [4.69, 9.17) is 9.47 Å². The summed E-state index contributed by atoms with van der Waals surface area (Å²) in [7, 11) is 1.32. The van der Waals surface area contributed by atoms with Gasteiger partial charge in [0.15, 0.2) is 5.41 Å². The monoisotopic (exact) mass is 242 g/mol. The lowest BCUT2D eigenvalue weighted by Gasteiger charge is -2.34. The van der Waals surface area contributed by atoms with Crippen molar-refractivity contribution >= 4 is 11.9 Å². The van der Waals surface area contributed by atoms with Crippen LogP contribution in [0.15, 0.2) is 0 Å². The molecular weight excluding hydrogens is 220 g/mol. The number of carbonyl (C=O) groups is 2. The smallest absolute Gasteiger partial charge is 0.324 e. The van der Waals surface area contributed by atoms with Gasteiger partial charge < -0.3 is 9.47 Å². The molecule has 0 aromatic heterocycles. The molecule has 0 atom stereocenters. The Labute approximate surface area is 103 Å². The van der Waals surface area contributed by atoms with E-state index in [1.165, 1.54) is 7.11 Å². The lowest BCUT2D eigenvalue weighted by molar-refractivity contribution is -0.181. The molecule has 98 valence electrons. The van der Waals surface area contributed by atoms with Crippen LogP contribution in [0, 0.1) is 5.41 Å². The van der Waals surface area contributed by atoms with E-state index in [1.807, 2.05) is 0 Å². The van der Waals surface area contributed by atoms with Crippen molar-refractivity contribution in [2.75, 3.05) is 7.11 Å². The molecule has 0 radical (unpaired) electrons. The average Bonchev–Trinajstić information content (AvgIpc) is 2.26. The summed E-state index contributed by atoms with van der Waals surface area (Å²) in [6.07, 6.45) is 3.87. The van der Waals surface area contributed by atoms with Gasteiger partial charge in [-0.2, -0.15) is 0 Å². The quantitative estimate of drug-likeness (QED) is 0.551. The topological polar surface area (TPSA) is 52.6 Å². The van der Waals surface area contributed by atoms with E-state index in [-0.39, 0.29) is 0 Å². The molecule has 0 aliphatic heterocycles. The van der Waals surface area contributed by atoms with Gasteiger partial charge in [-0.1, -0.05) is 19.3 Å². The number of hydrogen-bond acceptors (Lipinski definition) is 4. The minimum Gasteiger partial charge on any atom is -0.468 e. The van der Waals surface area contributed by atoms with Crippen molar-refractivity contribution in [2.24, 2.45) is 5.41 Å². The maximum Gasteiger partial charge on any atom is 0.324 e. The summed E-state index contributed by atoms with van der Waals surface area (Å²) in [6.45, 7) is 5.41. The molecule has 17 heavy (non-hydrogen) atoms. The molecule has 1 fully saturated rings. The van der Waals surface area contributed by atoms with Gasteiger partial charge in [0, 0.05) is 0 Å². The number of esters is 2. The van der Waals surface area contributed by atoms with Crippen molar-refractivity contribution < 1.29 is 19.1 Å². The zero-order chi connectivity index (χ0) is 13.1. The lowest BCUT2D eigenvalue weighted by Crippen LogP contribution is -2.45. The molecule has 1 saturated carbocycles. The van der Waals surface area contributed by atoms with Gasteiger partial charge in [-0.3, -0.25) is 9.59 Å². The Morgan fingerprint density at radius 2 is 1.53 bits per heavy atom. The Balaban J connectivity index is 2.90. The number of rotatable bonds is 2. The second-order valence-electron chi connectivity index (χ2n) is 5.64. The van der Waals surface area contributed by atoms with Gasteiger partial charge in [0.2, 0.25) is 0 Å². The van der Waals surface area contributed by atoms with Crippen molar-refractivity contribution in [1.82, 2.24) is 0 Å². The van der Waals surface area contributed by atoms with E-state index in [0.717, 1.165) is 19.3 Å². The fourth-order valence-electron chi connectivity index (χ4n) is 2.22. The maximum atomic E-state index is 12.2. The third-order valence-corrected chi connectivity index (χ3v) is 3.07. The van der Waals surface area contributed by atoms with Gasteiger partial charge in [0.25, 0.3) is 0 Å². The summed E-state index contributed by atoms with van der Waals surface area (Å²) in [4.78, 5) is 24.1. The maximum absolute atomic E-state index is 12.2. The van der Waals surface area contributed by atoms with E-state index in [1.54, 1.807) is 20.8 Å². The van der Waals surface area contributed by atoms with Crippen LogP contribution < -0.4 is 0 Å². The van der Waals surface area contributed by atoms with E-state index >= 15 is 0 Å². The van der Waals surface area contributed by atoms with Gasteiger partial charge in [-0.15, -0.1) is 0 Å². The highest BCUT2D eigenvalue weighted by Crippen LogP contribution is 2.39. The standard InChI is InChI=1S/C13H22O4/c1-12(2,3)17-11(15)13(10(14)16-4)8-6-5-7-9-13/h5-9H2,1-4H3. The summed E-state index contributed by atoms with van der Waals surface area (Å²) < 4.78 is 10.2. The van der Waals surface area contributed by atoms with E-state index in [9.17, 15) is 9.59 Å². The summed E-state index contributed by atoms with van der Waals surface area (Å²) in [5.74, 6) is -0.886. The molecule has 1 aliphatic rings. The molecule has 0 aromatic carbocycles. The minimum atomic E-state index is -1.07. The number of hydrogen-bond donors (Lipinski definition) is 0. The van der Waals surface area contributed by atoms with Crippen molar-refractivity contribution in [2.45, 2.75) is 58.5 Å². The SMILES string of the molecule is COC(=O)C1(C(=O)OC(C)(C)C)CCCCC1. The third-order valence-electron chi connectivity index (χ3n) is 3.07. The zero-order valence-corrected chi connectivity index (χ0v) is 11.2. The molecule has 0 saturated heterocycles. The second-order valence-corrected chi connectivity index (χ2v) is 5.64. The molecule has 0 N–H and O–H groups in total. The molecule has 4 nitrogen and oxygen atoms in total. The number of methoxy groups -OCH3 is 1. The van der Waals surface area contributed by atoms with Crippen LogP contribution in [0.5, 0.6) is 0 Å². The molecule has 0 amide bonds. The van der Waals surface area contributed by atoms with E-state index in [2.05, 4.69) is 0 Å². The van der Waals surface area contributed by atoms with Gasteiger partial charge in [-0.25, -0.2) is 0 Å². The normalized spacial score (nSPS) is 19.5. The highest BCUT2D eigenvalue weighted by molar-refractivity contribution is 6.00. The molecular formula is C13H22O4. The first-order valence-corrected chi connectivity index (χ1v) is 6.14. The van der Waals surface area contributed by atoms with Gasteiger partial charge in [0.1, 0.15) is 5.60 Å². The highest BCUT2D eigenvalue weighted by atomic mass is 16.6. The molecule has 0 bridgehead atoms. The summed E-state index contributed by atoms with van der Waals surface area (Å²) >= 11 is 0.